The molecule has 2 aromatic rings. The predicted molar refractivity (Wildman–Crippen MR) is 109 cm³/mol. The fourth-order valence-corrected chi connectivity index (χ4v) is 3.66. The van der Waals surface area contributed by atoms with Crippen molar-refractivity contribution in [2.75, 3.05) is 50.1 Å². The van der Waals surface area contributed by atoms with E-state index in [0.717, 1.165) is 34.7 Å². The van der Waals surface area contributed by atoms with Gasteiger partial charge in [-0.3, -0.25) is 4.79 Å². The van der Waals surface area contributed by atoms with E-state index in [4.69, 9.17) is 16.3 Å². The molecule has 1 heterocycles. The summed E-state index contributed by atoms with van der Waals surface area (Å²) in [6.45, 7) is 3.29. The summed E-state index contributed by atoms with van der Waals surface area (Å²) >= 11 is 9.55. The Morgan fingerprint density at radius 1 is 1.15 bits per heavy atom. The zero-order chi connectivity index (χ0) is 18.5. The molecule has 7 heteroatoms. The molecule has 2 aromatic carbocycles. The van der Waals surface area contributed by atoms with Crippen molar-refractivity contribution in [2.24, 2.45) is 0 Å². The molecule has 0 radical (unpaired) electrons. The van der Waals surface area contributed by atoms with Gasteiger partial charge in [0.05, 0.1) is 24.4 Å². The highest BCUT2D eigenvalue weighted by atomic mass is 79.9. The average Bonchev–Trinajstić information content (AvgIpc) is 2.67. The lowest BCUT2D eigenvalue weighted by atomic mass is 10.2. The van der Waals surface area contributed by atoms with Gasteiger partial charge in [-0.25, -0.2) is 0 Å². The number of nitrogens with zero attached hydrogens (tertiary/aromatic N) is 2. The first-order chi connectivity index (χ1) is 12.6. The fourth-order valence-electron chi connectivity index (χ4n) is 2.92. The van der Waals surface area contributed by atoms with E-state index < -0.39 is 0 Å². The molecule has 0 saturated carbocycles. The molecule has 1 N–H and O–H groups in total. The van der Waals surface area contributed by atoms with E-state index in [2.05, 4.69) is 26.1 Å². The van der Waals surface area contributed by atoms with Crippen molar-refractivity contribution in [3.8, 4) is 5.75 Å². The number of carbonyl (C=O) groups is 1. The first kappa shape index (κ1) is 18.9. The molecule has 0 spiro atoms. The van der Waals surface area contributed by atoms with Crippen LogP contribution in [-0.2, 0) is 4.79 Å². The highest BCUT2D eigenvalue weighted by molar-refractivity contribution is 9.10. The molecule has 1 aliphatic rings. The smallest absolute Gasteiger partial charge is 0.241 e. The van der Waals surface area contributed by atoms with Crippen LogP contribution in [0.1, 0.15) is 0 Å². The van der Waals surface area contributed by atoms with E-state index in [1.54, 1.807) is 7.11 Å². The number of anilines is 2. The van der Waals surface area contributed by atoms with Crippen LogP contribution < -0.4 is 15.0 Å². The topological polar surface area (TPSA) is 44.8 Å². The fraction of sp³-hybridized carbons (Fsp3) is 0.316. The van der Waals surface area contributed by atoms with Gasteiger partial charge >= 0.3 is 0 Å². The number of benzene rings is 2. The number of methoxy groups -OCH3 is 1. The van der Waals surface area contributed by atoms with Gasteiger partial charge in [-0.1, -0.05) is 27.5 Å². The molecule has 0 aliphatic carbocycles. The Balaban J connectivity index is 1.50. The van der Waals surface area contributed by atoms with E-state index in [1.165, 1.54) is 0 Å². The highest BCUT2D eigenvalue weighted by Gasteiger charge is 2.21. The Bertz CT molecular complexity index is 762. The minimum atomic E-state index is 0.0818. The maximum absolute atomic E-state index is 12.5. The molecule has 1 aliphatic heterocycles. The van der Waals surface area contributed by atoms with Crippen LogP contribution in [0.2, 0.25) is 5.02 Å². The molecular weight excluding hydrogens is 418 g/mol. The molecule has 0 unspecified atom stereocenters. The van der Waals surface area contributed by atoms with E-state index in [0.29, 0.717) is 18.1 Å². The molecule has 0 bridgehead atoms. The van der Waals surface area contributed by atoms with Gasteiger partial charge in [0.25, 0.3) is 0 Å². The number of nitrogens with one attached hydrogen (secondary N) is 1. The molecule has 138 valence electrons. The zero-order valence-corrected chi connectivity index (χ0v) is 16.9. The summed E-state index contributed by atoms with van der Waals surface area (Å²) in [7, 11) is 1.66. The summed E-state index contributed by atoms with van der Waals surface area (Å²) in [5.74, 6) is 0.929. The van der Waals surface area contributed by atoms with Gasteiger partial charge in [0, 0.05) is 36.3 Å². The van der Waals surface area contributed by atoms with E-state index in [1.807, 2.05) is 47.4 Å². The summed E-state index contributed by atoms with van der Waals surface area (Å²) in [5.41, 5.74) is 1.91. The molecule has 0 aromatic heterocycles. The standard InChI is InChI=1S/C19H21BrClN3O2/c1-26-16-5-3-15(4-6-16)23-8-10-24(11-9-23)19(25)13-22-18-7-2-14(20)12-17(18)21/h2-7,12,22H,8-11,13H2,1H3. The third kappa shape index (κ3) is 4.62. The predicted octanol–water partition coefficient (Wildman–Crippen LogP) is 3.87. The largest absolute Gasteiger partial charge is 0.497 e. The average molecular weight is 439 g/mol. The van der Waals surface area contributed by atoms with Crippen LogP contribution in [0.15, 0.2) is 46.9 Å². The van der Waals surface area contributed by atoms with Gasteiger partial charge in [-0.05, 0) is 42.5 Å². The maximum atomic E-state index is 12.5. The minimum Gasteiger partial charge on any atom is -0.497 e. The Labute approximate surface area is 167 Å². The maximum Gasteiger partial charge on any atom is 0.241 e. The highest BCUT2D eigenvalue weighted by Crippen LogP contribution is 2.25. The van der Waals surface area contributed by atoms with Gasteiger partial charge < -0.3 is 19.9 Å². The van der Waals surface area contributed by atoms with Gasteiger partial charge in [0.2, 0.25) is 5.91 Å². The molecule has 1 fully saturated rings. The third-order valence-corrected chi connectivity index (χ3v) is 5.24. The van der Waals surface area contributed by atoms with Crippen molar-refractivity contribution < 1.29 is 9.53 Å². The number of carbonyl (C=O) groups excluding carboxylic acids is 1. The van der Waals surface area contributed by atoms with Crippen molar-refractivity contribution in [3.05, 3.63) is 52.0 Å². The molecule has 1 saturated heterocycles. The van der Waals surface area contributed by atoms with E-state index in [9.17, 15) is 4.79 Å². The molecular formula is C19H21BrClN3O2. The molecule has 1 amide bonds. The lowest BCUT2D eigenvalue weighted by Gasteiger charge is -2.36. The van der Waals surface area contributed by atoms with Crippen molar-refractivity contribution in [1.82, 2.24) is 4.90 Å². The number of hydrogen-bond acceptors (Lipinski definition) is 4. The summed E-state index contributed by atoms with van der Waals surface area (Å²) < 4.78 is 6.10. The number of hydrogen-bond donors (Lipinski definition) is 1. The second-order valence-electron chi connectivity index (χ2n) is 6.04. The van der Waals surface area contributed by atoms with Crippen molar-refractivity contribution in [2.45, 2.75) is 0 Å². The van der Waals surface area contributed by atoms with Gasteiger partial charge in [-0.15, -0.1) is 0 Å². The van der Waals surface area contributed by atoms with Gasteiger partial charge in [-0.2, -0.15) is 0 Å². The van der Waals surface area contributed by atoms with E-state index >= 15 is 0 Å². The van der Waals surface area contributed by atoms with E-state index in [-0.39, 0.29) is 12.5 Å². The number of halogens is 2. The monoisotopic (exact) mass is 437 g/mol. The lowest BCUT2D eigenvalue weighted by Crippen LogP contribution is -2.50. The summed E-state index contributed by atoms with van der Waals surface area (Å²) in [4.78, 5) is 16.6. The zero-order valence-electron chi connectivity index (χ0n) is 14.5. The van der Waals surface area contributed by atoms with Crippen LogP contribution in [0.5, 0.6) is 5.75 Å². The van der Waals surface area contributed by atoms with Crippen molar-refractivity contribution >= 4 is 44.8 Å². The van der Waals surface area contributed by atoms with Crippen molar-refractivity contribution in [1.29, 1.82) is 0 Å². The van der Waals surface area contributed by atoms with Crippen LogP contribution in [0.25, 0.3) is 0 Å². The Kier molecular flexibility index (Phi) is 6.27. The first-order valence-electron chi connectivity index (χ1n) is 8.42. The van der Waals surface area contributed by atoms with Crippen LogP contribution in [0, 0.1) is 0 Å². The molecule has 3 rings (SSSR count). The Morgan fingerprint density at radius 2 is 1.85 bits per heavy atom. The quantitative estimate of drug-likeness (QED) is 0.770. The van der Waals surface area contributed by atoms with Crippen LogP contribution in [0.4, 0.5) is 11.4 Å². The second kappa shape index (κ2) is 8.64. The van der Waals surface area contributed by atoms with Gasteiger partial charge in [0.1, 0.15) is 5.75 Å². The Morgan fingerprint density at radius 3 is 2.46 bits per heavy atom. The third-order valence-electron chi connectivity index (χ3n) is 4.43. The van der Waals surface area contributed by atoms with Crippen molar-refractivity contribution in [3.63, 3.8) is 0 Å². The number of rotatable bonds is 5. The molecule has 0 atom stereocenters. The van der Waals surface area contributed by atoms with Crippen LogP contribution in [-0.4, -0.2) is 50.6 Å². The SMILES string of the molecule is COc1ccc(N2CCN(C(=O)CNc3ccc(Br)cc3Cl)CC2)cc1. The number of amides is 1. The summed E-state index contributed by atoms with van der Waals surface area (Å²) in [6, 6.07) is 13.6. The minimum absolute atomic E-state index is 0.0818. The summed E-state index contributed by atoms with van der Waals surface area (Å²) in [5, 5.41) is 3.72. The first-order valence-corrected chi connectivity index (χ1v) is 9.59. The van der Waals surface area contributed by atoms with Gasteiger partial charge in [0.15, 0.2) is 0 Å². The van der Waals surface area contributed by atoms with Crippen LogP contribution in [0.3, 0.4) is 0 Å². The van der Waals surface area contributed by atoms with Crippen LogP contribution >= 0.6 is 27.5 Å². The normalized spacial score (nSPS) is 14.3. The number of ether oxygens (including phenoxy) is 1. The molecule has 26 heavy (non-hydrogen) atoms. The second-order valence-corrected chi connectivity index (χ2v) is 7.37. The summed E-state index contributed by atoms with van der Waals surface area (Å²) in [6.07, 6.45) is 0. The molecule has 5 nitrogen and oxygen atoms in total. The lowest BCUT2D eigenvalue weighted by molar-refractivity contribution is -0.129. The Hall–Kier alpha value is -1.92. The number of piperazine rings is 1.